The SMILES string of the molecule is CCOC(=O)c1ccc(NC(=O)N2CCC(NC(=O)OC(C)(C)C)CC2)cc1. The molecule has 0 unspecified atom stereocenters. The van der Waals surface area contributed by atoms with E-state index in [0.29, 0.717) is 43.8 Å². The predicted octanol–water partition coefficient (Wildman–Crippen LogP) is 3.38. The summed E-state index contributed by atoms with van der Waals surface area (Å²) in [4.78, 5) is 37.6. The number of ether oxygens (including phenoxy) is 2. The molecule has 2 rings (SSSR count). The molecule has 1 heterocycles. The molecule has 0 spiro atoms. The van der Waals surface area contributed by atoms with E-state index >= 15 is 0 Å². The number of piperidine rings is 1. The molecule has 0 aromatic heterocycles. The normalized spacial score (nSPS) is 14.9. The molecule has 154 valence electrons. The third-order valence-corrected chi connectivity index (χ3v) is 4.15. The molecule has 1 aliphatic heterocycles. The molecule has 8 heteroatoms. The van der Waals surface area contributed by atoms with E-state index in [1.807, 2.05) is 20.8 Å². The van der Waals surface area contributed by atoms with Crippen molar-refractivity contribution in [2.45, 2.75) is 52.2 Å². The zero-order valence-corrected chi connectivity index (χ0v) is 16.9. The van der Waals surface area contributed by atoms with Gasteiger partial charge in [-0.1, -0.05) is 0 Å². The molecule has 2 N–H and O–H groups in total. The lowest BCUT2D eigenvalue weighted by Crippen LogP contribution is -2.48. The Morgan fingerprint density at radius 3 is 2.25 bits per heavy atom. The van der Waals surface area contributed by atoms with Crippen molar-refractivity contribution in [1.82, 2.24) is 10.2 Å². The number of hydrogen-bond acceptors (Lipinski definition) is 5. The van der Waals surface area contributed by atoms with Crippen LogP contribution in [-0.4, -0.2) is 54.3 Å². The molecule has 1 aliphatic rings. The van der Waals surface area contributed by atoms with Gasteiger partial charge in [0.05, 0.1) is 12.2 Å². The van der Waals surface area contributed by atoms with Crippen LogP contribution in [0.25, 0.3) is 0 Å². The number of esters is 1. The molecule has 0 bridgehead atoms. The second-order valence-corrected chi connectivity index (χ2v) is 7.64. The summed E-state index contributed by atoms with van der Waals surface area (Å²) in [5.41, 5.74) is 0.508. The number of nitrogens with one attached hydrogen (secondary N) is 2. The van der Waals surface area contributed by atoms with Crippen LogP contribution >= 0.6 is 0 Å². The molecule has 8 nitrogen and oxygen atoms in total. The average Bonchev–Trinajstić information content (AvgIpc) is 2.61. The Morgan fingerprint density at radius 1 is 1.11 bits per heavy atom. The molecule has 0 saturated carbocycles. The van der Waals surface area contributed by atoms with E-state index < -0.39 is 11.7 Å². The first-order valence-electron chi connectivity index (χ1n) is 9.50. The molecule has 0 aliphatic carbocycles. The van der Waals surface area contributed by atoms with Gasteiger partial charge < -0.3 is 25.0 Å². The number of anilines is 1. The van der Waals surface area contributed by atoms with Gasteiger partial charge in [0.15, 0.2) is 0 Å². The lowest BCUT2D eigenvalue weighted by atomic mass is 10.1. The first-order chi connectivity index (χ1) is 13.2. The standard InChI is InChI=1S/C20H29N3O5/c1-5-27-17(24)14-6-8-15(9-7-14)21-18(25)23-12-10-16(11-13-23)22-19(26)28-20(2,3)4/h6-9,16H,5,10-13H2,1-4H3,(H,21,25)(H,22,26). The van der Waals surface area contributed by atoms with Crippen LogP contribution in [0, 0.1) is 0 Å². The smallest absolute Gasteiger partial charge is 0.407 e. The van der Waals surface area contributed by atoms with Crippen LogP contribution in [-0.2, 0) is 9.47 Å². The number of nitrogens with zero attached hydrogens (tertiary/aromatic N) is 1. The van der Waals surface area contributed by atoms with Crippen LogP contribution in [0.1, 0.15) is 50.9 Å². The highest BCUT2D eigenvalue weighted by molar-refractivity contribution is 5.92. The number of benzene rings is 1. The number of carbonyl (C=O) groups is 3. The molecule has 1 saturated heterocycles. The van der Waals surface area contributed by atoms with Gasteiger partial charge >= 0.3 is 18.1 Å². The van der Waals surface area contributed by atoms with Crippen molar-refractivity contribution in [1.29, 1.82) is 0 Å². The van der Waals surface area contributed by atoms with E-state index in [4.69, 9.17) is 9.47 Å². The third-order valence-electron chi connectivity index (χ3n) is 4.15. The van der Waals surface area contributed by atoms with Crippen LogP contribution in [0.5, 0.6) is 0 Å². The lowest BCUT2D eigenvalue weighted by molar-refractivity contribution is 0.0483. The number of amides is 3. The van der Waals surface area contributed by atoms with Gasteiger partial charge in [-0.05, 0) is 64.8 Å². The zero-order chi connectivity index (χ0) is 20.7. The van der Waals surface area contributed by atoms with Crippen LogP contribution in [0.4, 0.5) is 15.3 Å². The summed E-state index contributed by atoms with van der Waals surface area (Å²) in [6.45, 7) is 8.59. The molecule has 0 atom stereocenters. The first-order valence-corrected chi connectivity index (χ1v) is 9.50. The zero-order valence-electron chi connectivity index (χ0n) is 16.9. The van der Waals surface area contributed by atoms with Gasteiger partial charge in [0.2, 0.25) is 0 Å². The molecule has 1 aromatic carbocycles. The monoisotopic (exact) mass is 391 g/mol. The van der Waals surface area contributed by atoms with Crippen LogP contribution in [0.3, 0.4) is 0 Å². The summed E-state index contributed by atoms with van der Waals surface area (Å²) >= 11 is 0. The van der Waals surface area contributed by atoms with Gasteiger partial charge in [0, 0.05) is 24.8 Å². The maximum Gasteiger partial charge on any atom is 0.407 e. The van der Waals surface area contributed by atoms with Crippen LogP contribution in [0.2, 0.25) is 0 Å². The fourth-order valence-electron chi connectivity index (χ4n) is 2.81. The second-order valence-electron chi connectivity index (χ2n) is 7.64. The van der Waals surface area contributed by atoms with Crippen molar-refractivity contribution in [3.8, 4) is 0 Å². The minimum absolute atomic E-state index is 0.0113. The van der Waals surface area contributed by atoms with Crippen molar-refractivity contribution < 1.29 is 23.9 Å². The van der Waals surface area contributed by atoms with Gasteiger partial charge in [-0.25, -0.2) is 14.4 Å². The van der Waals surface area contributed by atoms with Crippen molar-refractivity contribution in [3.05, 3.63) is 29.8 Å². The highest BCUT2D eigenvalue weighted by Crippen LogP contribution is 2.15. The number of carbonyl (C=O) groups excluding carboxylic acids is 3. The summed E-state index contributed by atoms with van der Waals surface area (Å²) < 4.78 is 10.2. The summed E-state index contributed by atoms with van der Waals surface area (Å²) in [5.74, 6) is -0.389. The number of alkyl carbamates (subject to hydrolysis) is 1. The largest absolute Gasteiger partial charge is 0.462 e. The minimum atomic E-state index is -0.534. The topological polar surface area (TPSA) is 97.0 Å². The van der Waals surface area contributed by atoms with Crippen molar-refractivity contribution in [2.24, 2.45) is 0 Å². The third kappa shape index (κ3) is 6.75. The Bertz CT molecular complexity index is 689. The number of rotatable bonds is 4. The van der Waals surface area contributed by atoms with Crippen molar-refractivity contribution in [2.75, 3.05) is 25.0 Å². The minimum Gasteiger partial charge on any atom is -0.462 e. The summed E-state index contributed by atoms with van der Waals surface area (Å²) in [6, 6.07) is 6.35. The first kappa shape index (κ1) is 21.5. The average molecular weight is 391 g/mol. The number of likely N-dealkylation sites (tertiary alicyclic amines) is 1. The maximum absolute atomic E-state index is 12.4. The molecular weight excluding hydrogens is 362 g/mol. The van der Waals surface area contributed by atoms with E-state index in [1.54, 1.807) is 36.1 Å². The highest BCUT2D eigenvalue weighted by Gasteiger charge is 2.25. The summed E-state index contributed by atoms with van der Waals surface area (Å²) in [7, 11) is 0. The molecule has 0 radical (unpaired) electrons. The quantitative estimate of drug-likeness (QED) is 0.767. The maximum atomic E-state index is 12.4. The van der Waals surface area contributed by atoms with Gasteiger partial charge in [-0.3, -0.25) is 0 Å². The highest BCUT2D eigenvalue weighted by atomic mass is 16.6. The Balaban J connectivity index is 1.79. The molecular formula is C20H29N3O5. The number of urea groups is 1. The summed E-state index contributed by atoms with van der Waals surface area (Å²) in [5, 5.41) is 5.67. The van der Waals surface area contributed by atoms with Gasteiger partial charge in [0.1, 0.15) is 5.60 Å². The summed E-state index contributed by atoms with van der Waals surface area (Å²) in [6.07, 6.45) is 0.889. The van der Waals surface area contributed by atoms with Gasteiger partial charge in [-0.15, -0.1) is 0 Å². The fraction of sp³-hybridized carbons (Fsp3) is 0.550. The van der Waals surface area contributed by atoms with E-state index in [2.05, 4.69) is 10.6 Å². The van der Waals surface area contributed by atoms with E-state index in [0.717, 1.165) is 0 Å². The van der Waals surface area contributed by atoms with Crippen LogP contribution < -0.4 is 10.6 Å². The molecule has 1 aromatic rings. The van der Waals surface area contributed by atoms with E-state index in [1.165, 1.54) is 0 Å². The Morgan fingerprint density at radius 2 is 1.71 bits per heavy atom. The molecule has 28 heavy (non-hydrogen) atoms. The Hall–Kier alpha value is -2.77. The van der Waals surface area contributed by atoms with Crippen molar-refractivity contribution in [3.63, 3.8) is 0 Å². The van der Waals surface area contributed by atoms with Crippen LogP contribution in [0.15, 0.2) is 24.3 Å². The molecule has 3 amide bonds. The van der Waals surface area contributed by atoms with E-state index in [9.17, 15) is 14.4 Å². The Labute approximate surface area is 165 Å². The van der Waals surface area contributed by atoms with Gasteiger partial charge in [0.25, 0.3) is 0 Å². The lowest BCUT2D eigenvalue weighted by Gasteiger charge is -2.32. The van der Waals surface area contributed by atoms with E-state index in [-0.39, 0.29) is 18.0 Å². The number of hydrogen-bond donors (Lipinski definition) is 2. The molecule has 1 fully saturated rings. The van der Waals surface area contributed by atoms with Gasteiger partial charge in [-0.2, -0.15) is 0 Å². The predicted molar refractivity (Wildman–Crippen MR) is 105 cm³/mol. The fourth-order valence-corrected chi connectivity index (χ4v) is 2.81. The Kier molecular flexibility index (Phi) is 7.25. The second kappa shape index (κ2) is 9.43. The van der Waals surface area contributed by atoms with Crippen molar-refractivity contribution >= 4 is 23.8 Å².